The monoisotopic (exact) mass is 495 g/mol. The number of aromatic hydroxyl groups is 1. The summed E-state index contributed by atoms with van der Waals surface area (Å²) in [5.74, 6) is -0.535. The number of phenols is 1. The molecule has 1 heterocycles. The molecule has 4 aromatic rings. The number of nitrogens with zero attached hydrogens (tertiary/aromatic N) is 1. The second kappa shape index (κ2) is 10.3. The summed E-state index contributed by atoms with van der Waals surface area (Å²) < 4.78 is 0. The molecule has 0 bridgehead atoms. The van der Waals surface area contributed by atoms with Gasteiger partial charge in [0.2, 0.25) is 0 Å². The number of aromatic nitrogens is 1. The first-order valence-corrected chi connectivity index (χ1v) is 12.3. The van der Waals surface area contributed by atoms with Gasteiger partial charge in [0.05, 0.1) is 6.04 Å². The first kappa shape index (κ1) is 24.3. The molecule has 1 aliphatic rings. The van der Waals surface area contributed by atoms with Crippen LogP contribution in [0.3, 0.4) is 0 Å². The van der Waals surface area contributed by atoms with Crippen molar-refractivity contribution < 1.29 is 19.9 Å². The number of aromatic amines is 1. The van der Waals surface area contributed by atoms with Gasteiger partial charge in [-0.3, -0.25) is 14.8 Å². The van der Waals surface area contributed by atoms with Crippen molar-refractivity contribution in [1.29, 1.82) is 0 Å². The van der Waals surface area contributed by atoms with Gasteiger partial charge in [0.25, 0.3) is 11.8 Å². The number of rotatable bonds is 7. The minimum Gasteiger partial charge on any atom is -0.508 e. The van der Waals surface area contributed by atoms with Crippen LogP contribution in [0.25, 0.3) is 17.0 Å². The van der Waals surface area contributed by atoms with Crippen LogP contribution in [0.4, 0.5) is 0 Å². The quantitative estimate of drug-likeness (QED) is 0.163. The Morgan fingerprint density at radius 2 is 1.92 bits per heavy atom. The molecule has 1 aliphatic carbocycles. The Hall–Kier alpha value is -4.36. The zero-order valence-corrected chi connectivity index (χ0v) is 20.6. The van der Waals surface area contributed by atoms with E-state index in [1.165, 1.54) is 29.3 Å². The lowest BCUT2D eigenvalue weighted by atomic mass is 10.0. The number of fused-ring (bicyclic) bond motifs is 2. The van der Waals surface area contributed by atoms with E-state index >= 15 is 0 Å². The minimum absolute atomic E-state index is 0.0721. The standard InChI is InChI=1S/C30H29N3O4/c1-19-2-10-25-23(18-31-27(25)16-19)14-15-33(30(36)21-5-8-24(34)9-6-21)28-12-7-22-17-20(3-11-26(22)28)4-13-29(35)32-37/h2-6,8-11,13,16-18,28,31,34,37H,7,12,14-15H2,1H3,(H,32,35). The van der Waals surface area contributed by atoms with Crippen LogP contribution in [0.1, 0.15) is 50.6 Å². The highest BCUT2D eigenvalue weighted by Crippen LogP contribution is 2.37. The van der Waals surface area contributed by atoms with Crippen LogP contribution < -0.4 is 5.48 Å². The van der Waals surface area contributed by atoms with Crippen LogP contribution >= 0.6 is 0 Å². The Bertz CT molecular complexity index is 1490. The number of amides is 2. The number of phenolic OH excluding ortho intramolecular Hbond substituents is 1. The fourth-order valence-electron chi connectivity index (χ4n) is 5.17. The largest absolute Gasteiger partial charge is 0.508 e. The zero-order chi connectivity index (χ0) is 25.9. The highest BCUT2D eigenvalue weighted by atomic mass is 16.5. The first-order chi connectivity index (χ1) is 17.9. The molecule has 0 saturated heterocycles. The van der Waals surface area contributed by atoms with E-state index in [4.69, 9.17) is 5.21 Å². The fourth-order valence-corrected chi connectivity index (χ4v) is 5.17. The van der Waals surface area contributed by atoms with Gasteiger partial charge in [0, 0.05) is 35.3 Å². The lowest BCUT2D eigenvalue weighted by Crippen LogP contribution is -2.35. The minimum atomic E-state index is -0.587. The average molecular weight is 496 g/mol. The van der Waals surface area contributed by atoms with E-state index in [2.05, 4.69) is 30.1 Å². The van der Waals surface area contributed by atoms with Gasteiger partial charge in [-0.1, -0.05) is 30.3 Å². The highest BCUT2D eigenvalue weighted by Gasteiger charge is 2.31. The Morgan fingerprint density at radius 3 is 2.70 bits per heavy atom. The van der Waals surface area contributed by atoms with E-state index in [1.807, 2.05) is 29.3 Å². The Labute approximate surface area is 215 Å². The maximum Gasteiger partial charge on any atom is 0.267 e. The van der Waals surface area contributed by atoms with Crippen LogP contribution in [0, 0.1) is 6.92 Å². The second-order valence-electron chi connectivity index (χ2n) is 9.48. The molecular formula is C30H29N3O4. The number of aryl methyl sites for hydroxylation is 2. The SMILES string of the molecule is Cc1ccc2c(CCN(C(=O)c3ccc(O)cc3)C3CCc4cc(C=CC(=O)NO)ccc43)c[nH]c2c1. The van der Waals surface area contributed by atoms with Crippen molar-refractivity contribution in [1.82, 2.24) is 15.4 Å². The van der Waals surface area contributed by atoms with E-state index in [0.29, 0.717) is 18.5 Å². The van der Waals surface area contributed by atoms with E-state index in [9.17, 15) is 14.7 Å². The van der Waals surface area contributed by atoms with Gasteiger partial charge >= 0.3 is 0 Å². The lowest BCUT2D eigenvalue weighted by molar-refractivity contribution is -0.124. The van der Waals surface area contributed by atoms with Crippen molar-refractivity contribution in [2.75, 3.05) is 6.54 Å². The number of nitrogens with one attached hydrogen (secondary N) is 2. The second-order valence-corrected chi connectivity index (χ2v) is 9.48. The summed E-state index contributed by atoms with van der Waals surface area (Å²) in [6.45, 7) is 2.61. The molecule has 7 nitrogen and oxygen atoms in total. The summed E-state index contributed by atoms with van der Waals surface area (Å²) in [6, 6.07) is 18.6. The Kier molecular flexibility index (Phi) is 6.79. The molecule has 0 fully saturated rings. The summed E-state index contributed by atoms with van der Waals surface area (Å²) >= 11 is 0. The molecule has 3 aromatic carbocycles. The molecule has 0 radical (unpaired) electrons. The van der Waals surface area contributed by atoms with Crippen molar-refractivity contribution in [2.24, 2.45) is 0 Å². The van der Waals surface area contributed by atoms with Crippen molar-refractivity contribution in [3.05, 3.63) is 106 Å². The van der Waals surface area contributed by atoms with Crippen LogP contribution in [0.5, 0.6) is 5.75 Å². The molecule has 5 rings (SSSR count). The molecule has 0 saturated carbocycles. The van der Waals surface area contributed by atoms with Crippen molar-refractivity contribution in [3.63, 3.8) is 0 Å². The zero-order valence-electron chi connectivity index (χ0n) is 20.6. The molecule has 0 aliphatic heterocycles. The highest BCUT2D eigenvalue weighted by molar-refractivity contribution is 5.95. The van der Waals surface area contributed by atoms with Crippen molar-refractivity contribution >= 4 is 28.8 Å². The normalized spacial score (nSPS) is 14.7. The van der Waals surface area contributed by atoms with Crippen molar-refractivity contribution in [2.45, 2.75) is 32.2 Å². The summed E-state index contributed by atoms with van der Waals surface area (Å²) in [5, 5.41) is 19.6. The number of hydrogen-bond acceptors (Lipinski definition) is 4. The van der Waals surface area contributed by atoms with Crippen LogP contribution in [-0.4, -0.2) is 38.6 Å². The van der Waals surface area contributed by atoms with Crippen LogP contribution in [0.2, 0.25) is 0 Å². The number of hydroxylamine groups is 1. The molecule has 1 aromatic heterocycles. The van der Waals surface area contributed by atoms with Gasteiger partial charge in [-0.2, -0.15) is 0 Å². The molecule has 1 atom stereocenters. The van der Waals surface area contributed by atoms with Gasteiger partial charge < -0.3 is 15.0 Å². The predicted octanol–water partition coefficient (Wildman–Crippen LogP) is 5.07. The van der Waals surface area contributed by atoms with Crippen molar-refractivity contribution in [3.8, 4) is 5.75 Å². The third-order valence-corrected chi connectivity index (χ3v) is 7.05. The third kappa shape index (κ3) is 5.13. The molecule has 4 N–H and O–H groups in total. The average Bonchev–Trinajstić information content (AvgIpc) is 3.51. The van der Waals surface area contributed by atoms with E-state index < -0.39 is 5.91 Å². The fraction of sp³-hybridized carbons (Fsp3) is 0.200. The van der Waals surface area contributed by atoms with Gasteiger partial charge in [-0.15, -0.1) is 0 Å². The molecule has 188 valence electrons. The summed E-state index contributed by atoms with van der Waals surface area (Å²) in [4.78, 5) is 30.4. The van der Waals surface area contributed by atoms with Crippen LogP contribution in [-0.2, 0) is 17.6 Å². The van der Waals surface area contributed by atoms with Gasteiger partial charge in [-0.25, -0.2) is 5.48 Å². The molecule has 1 unspecified atom stereocenters. The van der Waals surface area contributed by atoms with Gasteiger partial charge in [-0.05, 0) is 90.4 Å². The molecule has 2 amide bonds. The Balaban J connectivity index is 1.44. The van der Waals surface area contributed by atoms with Gasteiger partial charge in [0.15, 0.2) is 0 Å². The first-order valence-electron chi connectivity index (χ1n) is 12.3. The smallest absolute Gasteiger partial charge is 0.267 e. The number of benzene rings is 3. The maximum atomic E-state index is 13.8. The summed E-state index contributed by atoms with van der Waals surface area (Å²) in [7, 11) is 0. The molecular weight excluding hydrogens is 466 g/mol. The van der Waals surface area contributed by atoms with E-state index in [-0.39, 0.29) is 17.7 Å². The van der Waals surface area contributed by atoms with E-state index in [1.54, 1.807) is 23.7 Å². The molecule has 7 heteroatoms. The summed E-state index contributed by atoms with van der Waals surface area (Å²) in [5.41, 5.74) is 8.68. The molecule has 37 heavy (non-hydrogen) atoms. The summed E-state index contributed by atoms with van der Waals surface area (Å²) in [6.07, 6.45) is 7.28. The number of H-pyrrole nitrogens is 1. The predicted molar refractivity (Wildman–Crippen MR) is 142 cm³/mol. The Morgan fingerprint density at radius 1 is 1.11 bits per heavy atom. The van der Waals surface area contributed by atoms with E-state index in [0.717, 1.165) is 40.4 Å². The van der Waals surface area contributed by atoms with Crippen LogP contribution in [0.15, 0.2) is 72.9 Å². The molecule has 0 spiro atoms. The lowest BCUT2D eigenvalue weighted by Gasteiger charge is -2.30. The number of carbonyl (C=O) groups is 2. The maximum absolute atomic E-state index is 13.8. The van der Waals surface area contributed by atoms with Gasteiger partial charge in [0.1, 0.15) is 5.75 Å². The number of hydrogen-bond donors (Lipinski definition) is 4. The number of carbonyl (C=O) groups excluding carboxylic acids is 2. The third-order valence-electron chi connectivity index (χ3n) is 7.05. The topological polar surface area (TPSA) is 106 Å².